The third-order valence-corrected chi connectivity index (χ3v) is 11.8. The zero-order valence-electron chi connectivity index (χ0n) is 30.5. The number of nitrogens with one attached hydrogen (secondary N) is 2. The molecular weight excluding hydrogens is 779 g/mol. The van der Waals surface area contributed by atoms with Gasteiger partial charge in [-0.3, -0.25) is 19.5 Å². The van der Waals surface area contributed by atoms with Gasteiger partial charge in [-0.05, 0) is 55.3 Å². The molecule has 0 saturated carbocycles. The van der Waals surface area contributed by atoms with E-state index in [1.165, 1.54) is 41.6 Å². The third kappa shape index (κ3) is 10.7. The Labute approximate surface area is 328 Å². The summed E-state index contributed by atoms with van der Waals surface area (Å²) in [4.78, 5) is 45.8. The highest BCUT2D eigenvalue weighted by molar-refractivity contribution is 7.89. The minimum Gasteiger partial charge on any atom is -0.458 e. The minimum absolute atomic E-state index is 0.0320. The van der Waals surface area contributed by atoms with Crippen LogP contribution in [0.2, 0.25) is 10.0 Å². The lowest BCUT2D eigenvalue weighted by atomic mass is 10.0. The van der Waals surface area contributed by atoms with E-state index in [1.807, 2.05) is 27.2 Å². The first-order valence-electron chi connectivity index (χ1n) is 17.5. The van der Waals surface area contributed by atoms with Gasteiger partial charge in [-0.25, -0.2) is 22.0 Å². The number of hydrogen-bond donors (Lipinski definition) is 2. The lowest BCUT2D eigenvalue weighted by molar-refractivity contribution is -0.870. The molecule has 2 amide bonds. The number of halogens is 4. The molecular formula is C37H42Cl2F2N7O6S+. The van der Waals surface area contributed by atoms with Crippen LogP contribution in [0.15, 0.2) is 65.8 Å². The van der Waals surface area contributed by atoms with Gasteiger partial charge in [-0.2, -0.15) is 9.57 Å². The summed E-state index contributed by atoms with van der Waals surface area (Å²) in [6.45, 7) is -0.0407. The van der Waals surface area contributed by atoms with Crippen molar-refractivity contribution in [2.24, 2.45) is 0 Å². The van der Waals surface area contributed by atoms with Crippen molar-refractivity contribution in [3.05, 3.63) is 87.7 Å². The van der Waals surface area contributed by atoms with E-state index >= 15 is 0 Å². The first-order chi connectivity index (χ1) is 25.9. The maximum atomic E-state index is 14.5. The number of rotatable bonds is 13. The monoisotopic (exact) mass is 820 g/mol. The summed E-state index contributed by atoms with van der Waals surface area (Å²) in [6, 6.07) is 10.3. The zero-order chi connectivity index (χ0) is 40.1. The predicted octanol–water partition coefficient (Wildman–Crippen LogP) is 4.35. The summed E-state index contributed by atoms with van der Waals surface area (Å²) < 4.78 is 64.2. The fourth-order valence-electron chi connectivity index (χ4n) is 6.49. The number of likely N-dealkylation sites (tertiary alicyclic amines) is 1. The van der Waals surface area contributed by atoms with Gasteiger partial charge >= 0.3 is 5.97 Å². The van der Waals surface area contributed by atoms with Gasteiger partial charge in [0.25, 0.3) is 11.8 Å². The van der Waals surface area contributed by atoms with Crippen LogP contribution in [-0.2, 0) is 30.8 Å². The molecule has 2 fully saturated rings. The number of quaternary nitrogens is 1. The second-order valence-corrected chi connectivity index (χ2v) is 17.3. The van der Waals surface area contributed by atoms with E-state index in [1.54, 1.807) is 24.3 Å². The zero-order valence-corrected chi connectivity index (χ0v) is 32.8. The highest BCUT2D eigenvalue weighted by Gasteiger charge is 2.48. The number of nitrogens with zero attached hydrogens (tertiary/aromatic N) is 5. The van der Waals surface area contributed by atoms with Crippen LogP contribution < -0.4 is 10.6 Å². The summed E-state index contributed by atoms with van der Waals surface area (Å²) in [5, 5.41) is 14.9. The molecule has 3 atom stereocenters. The van der Waals surface area contributed by atoms with Crippen molar-refractivity contribution in [3.8, 4) is 6.07 Å². The molecule has 3 heterocycles. The molecule has 18 heteroatoms. The van der Waals surface area contributed by atoms with Crippen molar-refractivity contribution in [1.29, 1.82) is 5.26 Å². The lowest BCUT2D eigenvalue weighted by Crippen LogP contribution is -2.52. The molecule has 13 nitrogen and oxygen atoms in total. The molecule has 2 aliphatic heterocycles. The highest BCUT2D eigenvalue weighted by Crippen LogP contribution is 2.34. The highest BCUT2D eigenvalue weighted by atomic mass is 35.5. The second-order valence-electron chi connectivity index (χ2n) is 14.6. The largest absolute Gasteiger partial charge is 0.458 e. The molecule has 2 aromatic carbocycles. The Morgan fingerprint density at radius 2 is 1.80 bits per heavy atom. The van der Waals surface area contributed by atoms with Crippen molar-refractivity contribution in [2.75, 3.05) is 59.2 Å². The quantitative estimate of drug-likeness (QED) is 0.189. The Bertz CT molecular complexity index is 2040. The number of carbonyl (C=O) groups excluding carboxylic acids is 3. The first kappa shape index (κ1) is 41.9. The van der Waals surface area contributed by atoms with E-state index < -0.39 is 58.4 Å². The van der Waals surface area contributed by atoms with Gasteiger partial charge < -0.3 is 19.9 Å². The van der Waals surface area contributed by atoms with Gasteiger partial charge in [0.15, 0.2) is 0 Å². The Kier molecular flexibility index (Phi) is 13.2. The van der Waals surface area contributed by atoms with Crippen LogP contribution in [0.3, 0.4) is 0 Å². The summed E-state index contributed by atoms with van der Waals surface area (Å²) in [5.41, 5.74) is 1.06. The number of benzene rings is 2. The Balaban J connectivity index is 1.39. The van der Waals surface area contributed by atoms with Gasteiger partial charge in [0.05, 0.1) is 59.8 Å². The third-order valence-electron chi connectivity index (χ3n) is 9.38. The molecule has 5 rings (SSSR count). The molecule has 294 valence electrons. The van der Waals surface area contributed by atoms with Gasteiger partial charge in [0.1, 0.15) is 25.2 Å². The number of ether oxygens (including phenoxy) is 1. The van der Waals surface area contributed by atoms with E-state index in [0.29, 0.717) is 28.8 Å². The minimum atomic E-state index is -4.42. The summed E-state index contributed by atoms with van der Waals surface area (Å²) in [5.74, 6) is -5.11. The van der Waals surface area contributed by atoms with Crippen LogP contribution in [0.4, 0.5) is 14.5 Å². The number of sulfonamides is 1. The maximum absolute atomic E-state index is 14.5. The molecule has 0 bridgehead atoms. The summed E-state index contributed by atoms with van der Waals surface area (Å²) >= 11 is 12.2. The first-order valence-corrected chi connectivity index (χ1v) is 19.7. The molecule has 2 N–H and O–H groups in total. The Morgan fingerprint density at radius 3 is 2.44 bits per heavy atom. The fraction of sp³-hybridized carbons (Fsp3) is 0.432. The summed E-state index contributed by atoms with van der Waals surface area (Å²) in [6.07, 6.45) is 2.31. The number of hydrogen-bond acceptors (Lipinski definition) is 9. The standard InChI is InChI=1S/C37H41Cl2F2N7O6S/c1-48(2,3)14-15-54-36(51)31(17-24-8-10-26(11-9-24)44-35(50)33-29(38)20-43-21-30(33)39)45-34(49)32-18-27(46-13-5-12-37(40,41)23-46)22-47(32)55(52,53)28-7-4-6-25(16-28)19-42/h4,6-11,16,20-21,27,31-32H,5,12-15,17-18,22-23H2,1-3H3,(H-,44,45,49,50)/p+1/t27-,31+,32+/m1/s1. The molecule has 0 aliphatic carbocycles. The molecule has 2 aliphatic rings. The number of carbonyl (C=O) groups is 3. The van der Waals surface area contributed by atoms with Crippen molar-refractivity contribution in [3.63, 3.8) is 0 Å². The summed E-state index contributed by atoms with van der Waals surface area (Å²) in [7, 11) is 1.33. The average Bonchev–Trinajstić information content (AvgIpc) is 3.58. The SMILES string of the molecule is C[N+](C)(C)CCOC(=O)[C@H](Cc1ccc(NC(=O)c2c(Cl)cncc2Cl)cc1)NC(=O)[C@@H]1C[C@@H](N2CCCC(F)(F)C2)CN1S(=O)(=O)c1cccc(C#N)c1. The van der Waals surface area contributed by atoms with E-state index in [9.17, 15) is 36.8 Å². The smallest absolute Gasteiger partial charge is 0.329 e. The molecule has 0 radical (unpaired) electrons. The average molecular weight is 822 g/mol. The van der Waals surface area contributed by atoms with Crippen molar-refractivity contribution in [1.82, 2.24) is 19.5 Å². The van der Waals surface area contributed by atoms with Gasteiger partial charge in [0.2, 0.25) is 15.9 Å². The van der Waals surface area contributed by atoms with Gasteiger partial charge in [-0.15, -0.1) is 0 Å². The molecule has 3 aromatic rings. The topological polar surface area (TPSA) is 162 Å². The lowest BCUT2D eigenvalue weighted by Gasteiger charge is -2.36. The maximum Gasteiger partial charge on any atom is 0.329 e. The van der Waals surface area contributed by atoms with Gasteiger partial charge in [-0.1, -0.05) is 41.4 Å². The number of aromatic nitrogens is 1. The number of amides is 2. The predicted molar refractivity (Wildman–Crippen MR) is 201 cm³/mol. The fourth-order valence-corrected chi connectivity index (χ4v) is 8.70. The molecule has 1 aromatic heterocycles. The number of piperidine rings is 1. The number of anilines is 1. The number of likely N-dealkylation sites (N-methyl/N-ethyl adjacent to an activating group) is 1. The Morgan fingerprint density at radius 1 is 1.11 bits per heavy atom. The van der Waals surface area contributed by atoms with Crippen LogP contribution in [0, 0.1) is 11.3 Å². The van der Waals surface area contributed by atoms with Gasteiger partial charge in [0, 0.05) is 43.5 Å². The molecule has 0 spiro atoms. The molecule has 2 saturated heterocycles. The van der Waals surface area contributed by atoms with E-state index in [2.05, 4.69) is 15.6 Å². The van der Waals surface area contributed by atoms with E-state index in [0.717, 1.165) is 4.31 Å². The van der Waals surface area contributed by atoms with Crippen LogP contribution in [0.5, 0.6) is 0 Å². The number of pyridine rings is 1. The van der Waals surface area contributed by atoms with Crippen molar-refractivity contribution >= 4 is 56.7 Å². The number of esters is 1. The van der Waals surface area contributed by atoms with Crippen molar-refractivity contribution < 1.29 is 40.8 Å². The Hall–Kier alpha value is -4.24. The molecule has 0 unspecified atom stereocenters. The number of alkyl halides is 2. The van der Waals surface area contributed by atoms with E-state index in [-0.39, 0.29) is 64.9 Å². The molecule has 55 heavy (non-hydrogen) atoms. The van der Waals surface area contributed by atoms with Crippen LogP contribution in [-0.4, -0.2) is 123 Å². The number of nitriles is 1. The van der Waals surface area contributed by atoms with Crippen molar-refractivity contribution in [2.45, 2.75) is 54.6 Å². The normalized spacial score (nSPS) is 19.6. The van der Waals surface area contributed by atoms with Crippen LogP contribution in [0.1, 0.15) is 40.7 Å². The second kappa shape index (κ2) is 17.3. The van der Waals surface area contributed by atoms with E-state index in [4.69, 9.17) is 27.9 Å². The van der Waals surface area contributed by atoms with Crippen LogP contribution in [0.25, 0.3) is 0 Å². The van der Waals surface area contributed by atoms with Crippen LogP contribution >= 0.6 is 23.2 Å².